The Labute approximate surface area is 203 Å². The molecule has 0 aliphatic rings. The molecule has 1 amide bonds. The lowest BCUT2D eigenvalue weighted by atomic mass is 9.75. The fourth-order valence-electron chi connectivity index (χ4n) is 3.51. The lowest BCUT2D eigenvalue weighted by molar-refractivity contribution is -0.525. The van der Waals surface area contributed by atoms with E-state index in [1.54, 1.807) is 5.43 Å². The summed E-state index contributed by atoms with van der Waals surface area (Å²) in [5.41, 5.74) is 7.07. The first-order valence-electron chi connectivity index (χ1n) is 12.0. The third-order valence-electron chi connectivity index (χ3n) is 5.25. The van der Waals surface area contributed by atoms with Gasteiger partial charge in [0, 0.05) is 6.54 Å². The highest BCUT2D eigenvalue weighted by Gasteiger charge is 2.31. The molecule has 0 fully saturated rings. The summed E-state index contributed by atoms with van der Waals surface area (Å²) < 4.78 is 25.4. The fourth-order valence-corrected chi connectivity index (χ4v) is 5.25. The maximum Gasteiger partial charge on any atom is 0.475 e. The number of carbonyl (C=O) groups excluding carboxylic acids is 1. The second-order valence-corrected chi connectivity index (χ2v) is 11.2. The molecule has 6 N–H and O–H groups in total. The van der Waals surface area contributed by atoms with Gasteiger partial charge in [0.2, 0.25) is 5.91 Å². The molecule has 14 heteroatoms. The van der Waals surface area contributed by atoms with Gasteiger partial charge < -0.3 is 21.1 Å². The molecule has 0 spiro atoms. The summed E-state index contributed by atoms with van der Waals surface area (Å²) in [6.45, 7) is 5.90. The van der Waals surface area contributed by atoms with E-state index in [9.17, 15) is 33.4 Å². The molecule has 0 unspecified atom stereocenters. The second-order valence-electron chi connectivity index (χ2n) is 9.02. The molecular formula is C20H42BN5O7S. The maximum absolute atomic E-state index is 12.9. The van der Waals surface area contributed by atoms with Gasteiger partial charge in [-0.15, -0.1) is 0 Å². The lowest BCUT2D eigenvalue weighted by Crippen LogP contribution is -2.50. The first-order valence-corrected chi connectivity index (χ1v) is 13.8. The van der Waals surface area contributed by atoms with Crippen LogP contribution in [0.1, 0.15) is 78.6 Å². The van der Waals surface area contributed by atoms with Crippen molar-refractivity contribution in [2.45, 2.75) is 84.5 Å². The van der Waals surface area contributed by atoms with Gasteiger partial charge in [0.25, 0.3) is 5.96 Å². The van der Waals surface area contributed by atoms with Gasteiger partial charge in [0.05, 0.1) is 23.4 Å². The molecule has 0 aromatic heterocycles. The van der Waals surface area contributed by atoms with E-state index >= 15 is 0 Å². The Hall–Kier alpha value is -1.93. The normalized spacial score (nSPS) is 14.0. The number of nitrogens with zero attached hydrogens (tertiary/aromatic N) is 2. The highest BCUT2D eigenvalue weighted by atomic mass is 32.2. The van der Waals surface area contributed by atoms with Gasteiger partial charge in [-0.05, 0) is 31.6 Å². The summed E-state index contributed by atoms with van der Waals surface area (Å²) in [5.74, 6) is -3.11. The largest absolute Gasteiger partial charge is 0.475 e. The molecule has 0 aromatic rings. The first kappa shape index (κ1) is 32.1. The van der Waals surface area contributed by atoms with Crippen molar-refractivity contribution in [1.82, 2.24) is 10.7 Å². The van der Waals surface area contributed by atoms with Crippen LogP contribution >= 0.6 is 0 Å². The Morgan fingerprint density at radius 2 is 1.76 bits per heavy atom. The van der Waals surface area contributed by atoms with Gasteiger partial charge in [0.15, 0.2) is 14.9 Å². The minimum Gasteiger partial charge on any atom is -0.426 e. The monoisotopic (exact) mass is 507 g/mol. The molecular weight excluding hydrogens is 465 g/mol. The van der Waals surface area contributed by atoms with Crippen molar-refractivity contribution >= 4 is 28.8 Å². The predicted molar refractivity (Wildman–Crippen MR) is 133 cm³/mol. The summed E-state index contributed by atoms with van der Waals surface area (Å²) in [7, 11) is -5.29. The molecule has 0 radical (unpaired) electrons. The molecule has 34 heavy (non-hydrogen) atoms. The number of aliphatic imine (C=N–C) groups is 1. The minimum atomic E-state index is -3.52. The van der Waals surface area contributed by atoms with Crippen molar-refractivity contribution in [2.75, 3.05) is 18.1 Å². The number of guanidine groups is 1. The Balaban J connectivity index is 5.12. The molecule has 0 aliphatic carbocycles. The van der Waals surface area contributed by atoms with E-state index in [0.29, 0.717) is 12.8 Å². The van der Waals surface area contributed by atoms with Crippen LogP contribution in [-0.2, 0) is 14.6 Å². The number of hydrogen-bond acceptors (Lipinski definition) is 8. The van der Waals surface area contributed by atoms with E-state index < -0.39 is 39.8 Å². The minimum absolute atomic E-state index is 0.0151. The molecule has 0 aliphatic heterocycles. The Morgan fingerprint density at radius 1 is 1.15 bits per heavy atom. The number of sulfone groups is 1. The SMILES string of the molecule is CCCCCCCCS(=O)(=O)C[C@@H](CCCN=C(N)N[N+](=O)[O-])C(=O)N[C@@H](CC(C)C)B(O)O. The van der Waals surface area contributed by atoms with Crippen LogP contribution in [0.25, 0.3) is 0 Å². The number of nitrogens with one attached hydrogen (secondary N) is 2. The van der Waals surface area contributed by atoms with Crippen LogP contribution in [0.15, 0.2) is 4.99 Å². The van der Waals surface area contributed by atoms with E-state index in [4.69, 9.17) is 5.73 Å². The summed E-state index contributed by atoms with van der Waals surface area (Å²) in [6, 6.07) is 0. The van der Waals surface area contributed by atoms with Crippen molar-refractivity contribution in [3.63, 3.8) is 0 Å². The predicted octanol–water partition coefficient (Wildman–Crippen LogP) is 0.797. The average molecular weight is 507 g/mol. The highest BCUT2D eigenvalue weighted by molar-refractivity contribution is 7.91. The smallest absolute Gasteiger partial charge is 0.426 e. The van der Waals surface area contributed by atoms with Gasteiger partial charge in [0.1, 0.15) is 0 Å². The Bertz CT molecular complexity index is 735. The number of hydrazine groups is 1. The molecule has 2 atom stereocenters. The molecule has 12 nitrogen and oxygen atoms in total. The zero-order valence-electron chi connectivity index (χ0n) is 20.6. The lowest BCUT2D eigenvalue weighted by Gasteiger charge is -2.23. The summed E-state index contributed by atoms with van der Waals surface area (Å²) >= 11 is 0. The number of carbonyl (C=O) groups is 1. The van der Waals surface area contributed by atoms with Crippen molar-refractivity contribution in [3.8, 4) is 0 Å². The van der Waals surface area contributed by atoms with E-state index in [0.717, 1.165) is 32.1 Å². The average Bonchev–Trinajstić information content (AvgIpc) is 2.71. The zero-order chi connectivity index (χ0) is 26.1. The summed E-state index contributed by atoms with van der Waals surface area (Å²) in [5, 5.41) is 31.3. The van der Waals surface area contributed by atoms with Gasteiger partial charge in [-0.25, -0.2) is 23.5 Å². The summed E-state index contributed by atoms with van der Waals surface area (Å²) in [4.78, 5) is 27.0. The number of nitro groups is 1. The van der Waals surface area contributed by atoms with Crippen LogP contribution in [-0.4, -0.2) is 66.5 Å². The van der Waals surface area contributed by atoms with Crippen molar-refractivity contribution in [1.29, 1.82) is 0 Å². The standard InChI is InChI=1S/C20H42BN5O7S/c1-4-5-6-7-8-9-13-34(32,33)15-17(11-10-12-23-20(22)25-26(30)31)19(27)24-18(21(28)29)14-16(2)3/h16-18,28-29H,4-15H2,1-3H3,(H,24,27)(H3,22,23,25)/t17-,18+/m1/s1. The zero-order valence-corrected chi connectivity index (χ0v) is 21.4. The molecule has 0 rings (SSSR count). The topological polar surface area (TPSA) is 197 Å². The quantitative estimate of drug-likeness (QED) is 0.0419. The van der Waals surface area contributed by atoms with Crippen LogP contribution < -0.4 is 16.5 Å². The second kappa shape index (κ2) is 17.5. The number of amides is 1. The van der Waals surface area contributed by atoms with Gasteiger partial charge >= 0.3 is 7.12 Å². The van der Waals surface area contributed by atoms with Gasteiger partial charge in [-0.3, -0.25) is 4.79 Å². The van der Waals surface area contributed by atoms with Crippen molar-refractivity contribution in [3.05, 3.63) is 10.1 Å². The van der Waals surface area contributed by atoms with E-state index in [2.05, 4.69) is 17.2 Å². The molecule has 0 saturated heterocycles. The number of unbranched alkanes of at least 4 members (excludes halogenated alkanes) is 5. The Kier molecular flexibility index (Phi) is 16.5. The highest BCUT2D eigenvalue weighted by Crippen LogP contribution is 2.15. The van der Waals surface area contributed by atoms with Crippen LogP contribution in [0.5, 0.6) is 0 Å². The fraction of sp³-hybridized carbons (Fsp3) is 0.900. The maximum atomic E-state index is 12.9. The molecule has 0 saturated carbocycles. The van der Waals surface area contributed by atoms with Crippen LogP contribution in [0.4, 0.5) is 0 Å². The van der Waals surface area contributed by atoms with Crippen molar-refractivity contribution in [2.24, 2.45) is 22.6 Å². The first-order chi connectivity index (χ1) is 15.9. The van der Waals surface area contributed by atoms with Gasteiger partial charge in [-0.1, -0.05) is 58.3 Å². The third-order valence-corrected chi connectivity index (χ3v) is 7.07. The summed E-state index contributed by atoms with van der Waals surface area (Å²) in [6.07, 6.45) is 6.32. The molecule has 0 heterocycles. The van der Waals surface area contributed by atoms with Crippen LogP contribution in [0, 0.1) is 22.0 Å². The number of rotatable bonds is 19. The molecule has 198 valence electrons. The Morgan fingerprint density at radius 3 is 2.32 bits per heavy atom. The van der Waals surface area contributed by atoms with E-state index in [1.807, 2.05) is 13.8 Å². The van der Waals surface area contributed by atoms with Gasteiger partial charge in [-0.2, -0.15) is 0 Å². The number of hydrogen-bond donors (Lipinski definition) is 5. The van der Waals surface area contributed by atoms with E-state index in [-0.39, 0.29) is 42.8 Å². The molecule has 0 bridgehead atoms. The van der Waals surface area contributed by atoms with Crippen molar-refractivity contribution < 1.29 is 28.3 Å². The third kappa shape index (κ3) is 16.7. The van der Waals surface area contributed by atoms with Crippen LogP contribution in [0.3, 0.4) is 0 Å². The molecule has 0 aromatic carbocycles. The van der Waals surface area contributed by atoms with Crippen LogP contribution in [0.2, 0.25) is 0 Å². The number of nitrogens with two attached hydrogens (primary N) is 1. The van der Waals surface area contributed by atoms with E-state index in [1.165, 1.54) is 0 Å².